The number of aliphatic carboxylic acids is 1. The topological polar surface area (TPSA) is 46.5 Å². The minimum atomic E-state index is -1.51. The molecule has 148 valence electrons. The second-order valence-corrected chi connectivity index (χ2v) is 12.6. The maximum atomic E-state index is 10.5. The van der Waals surface area contributed by atoms with Crippen molar-refractivity contribution < 1.29 is 14.3 Å². The lowest BCUT2D eigenvalue weighted by Gasteiger charge is -2.24. The molecule has 0 aliphatic rings. The van der Waals surface area contributed by atoms with Crippen LogP contribution in [0.15, 0.2) is 12.2 Å². The van der Waals surface area contributed by atoms with Crippen molar-refractivity contribution >= 4 is 14.3 Å². The number of carboxylic acid groups (broad SMARTS) is 1. The predicted molar refractivity (Wildman–Crippen MR) is 111 cm³/mol. The maximum absolute atomic E-state index is 10.5. The van der Waals surface area contributed by atoms with Crippen LogP contribution in [-0.4, -0.2) is 25.5 Å². The van der Waals surface area contributed by atoms with Crippen molar-refractivity contribution in [2.75, 3.05) is 0 Å². The molecule has 1 N–H and O–H groups in total. The largest absolute Gasteiger partial charge is 0.481 e. The van der Waals surface area contributed by atoms with Gasteiger partial charge in [-0.05, 0) is 45.3 Å². The lowest BCUT2D eigenvalue weighted by atomic mass is 10.1. The third kappa shape index (κ3) is 19.6. The van der Waals surface area contributed by atoms with Crippen LogP contribution in [0.4, 0.5) is 0 Å². The minimum Gasteiger partial charge on any atom is -0.481 e. The Balaban J connectivity index is 3.91. The first-order valence-electron chi connectivity index (χ1n) is 10.4. The van der Waals surface area contributed by atoms with Crippen LogP contribution in [0.25, 0.3) is 0 Å². The van der Waals surface area contributed by atoms with Gasteiger partial charge in [-0.1, -0.05) is 70.4 Å². The molecule has 0 aliphatic carbocycles. The van der Waals surface area contributed by atoms with Gasteiger partial charge in [-0.25, -0.2) is 0 Å². The van der Waals surface area contributed by atoms with Gasteiger partial charge in [0, 0.05) is 6.42 Å². The van der Waals surface area contributed by atoms with Gasteiger partial charge < -0.3 is 9.53 Å². The van der Waals surface area contributed by atoms with Crippen molar-refractivity contribution in [1.82, 2.24) is 0 Å². The zero-order chi connectivity index (χ0) is 19.0. The minimum absolute atomic E-state index is 0.282. The first-order chi connectivity index (χ1) is 11.8. The van der Waals surface area contributed by atoms with Crippen LogP contribution >= 0.6 is 0 Å². The highest BCUT2D eigenvalue weighted by atomic mass is 28.4. The number of hydrogen-bond acceptors (Lipinski definition) is 2. The maximum Gasteiger partial charge on any atom is 0.303 e. The van der Waals surface area contributed by atoms with Gasteiger partial charge in [0.1, 0.15) is 0 Å². The third-order valence-electron chi connectivity index (χ3n) is 4.21. The monoisotopic (exact) mass is 370 g/mol. The molecule has 0 aliphatic heterocycles. The molecule has 0 radical (unpaired) electrons. The number of unbranched alkanes of at least 4 members (excludes halogenated alkanes) is 9. The zero-order valence-electron chi connectivity index (χ0n) is 17.2. The van der Waals surface area contributed by atoms with Crippen molar-refractivity contribution in [3.05, 3.63) is 12.2 Å². The Morgan fingerprint density at radius 2 is 1.56 bits per heavy atom. The molecular weight excluding hydrogens is 328 g/mol. The Bertz CT molecular complexity index is 348. The fraction of sp³-hybridized carbons (Fsp3) is 0.857. The van der Waals surface area contributed by atoms with Gasteiger partial charge in [0.15, 0.2) is 8.32 Å². The molecule has 0 bridgehead atoms. The lowest BCUT2D eigenvalue weighted by molar-refractivity contribution is -0.137. The fourth-order valence-corrected chi connectivity index (χ4v) is 4.02. The summed E-state index contributed by atoms with van der Waals surface area (Å²) in [4.78, 5) is 10.5. The van der Waals surface area contributed by atoms with E-state index < -0.39 is 14.3 Å². The van der Waals surface area contributed by atoms with E-state index in [4.69, 9.17) is 9.53 Å². The Morgan fingerprint density at radius 1 is 0.960 bits per heavy atom. The van der Waals surface area contributed by atoms with E-state index in [0.29, 0.717) is 6.42 Å². The first kappa shape index (κ1) is 24.4. The number of allylic oxidation sites excluding steroid dienone is 1. The van der Waals surface area contributed by atoms with Gasteiger partial charge in [-0.15, -0.1) is 0 Å². The third-order valence-corrected chi connectivity index (χ3v) is 5.22. The number of rotatable bonds is 17. The molecule has 0 amide bonds. The Morgan fingerprint density at radius 3 is 2.16 bits per heavy atom. The van der Waals surface area contributed by atoms with E-state index in [1.807, 2.05) is 0 Å². The summed E-state index contributed by atoms with van der Waals surface area (Å²) < 4.78 is 6.32. The van der Waals surface area contributed by atoms with E-state index in [0.717, 1.165) is 25.7 Å². The average molecular weight is 371 g/mol. The number of carboxylic acids is 1. The van der Waals surface area contributed by atoms with Gasteiger partial charge in [0.2, 0.25) is 0 Å². The quantitative estimate of drug-likeness (QED) is 0.171. The van der Waals surface area contributed by atoms with Gasteiger partial charge in [0.05, 0.1) is 6.10 Å². The molecular formula is C21H42O3Si. The SMILES string of the molecule is CCCCCC/C=C/C(CCCCCCCCC(=O)O)O[Si](C)(C)C. The molecule has 0 aromatic heterocycles. The molecule has 4 heteroatoms. The molecule has 1 atom stereocenters. The summed E-state index contributed by atoms with van der Waals surface area (Å²) in [6.07, 6.45) is 19.4. The van der Waals surface area contributed by atoms with Crippen LogP contribution in [0.2, 0.25) is 19.6 Å². The van der Waals surface area contributed by atoms with Crippen LogP contribution in [0.1, 0.15) is 90.4 Å². The van der Waals surface area contributed by atoms with Crippen LogP contribution in [0.3, 0.4) is 0 Å². The fourth-order valence-electron chi connectivity index (χ4n) is 2.91. The molecule has 0 saturated heterocycles. The van der Waals surface area contributed by atoms with E-state index in [1.54, 1.807) is 0 Å². The standard InChI is InChI=1S/C21H42O3Si/c1-5-6-7-8-11-14-17-20(24-25(2,3)4)18-15-12-9-10-13-16-19-21(22)23/h14,17,20H,5-13,15-16,18-19H2,1-4H3,(H,22,23)/b17-14+. The van der Waals surface area contributed by atoms with E-state index in [2.05, 4.69) is 38.7 Å². The Labute approximate surface area is 157 Å². The van der Waals surface area contributed by atoms with Crippen LogP contribution < -0.4 is 0 Å². The Hall–Kier alpha value is -0.613. The highest BCUT2D eigenvalue weighted by Gasteiger charge is 2.19. The second-order valence-electron chi connectivity index (χ2n) is 8.10. The summed E-state index contributed by atoms with van der Waals surface area (Å²) in [5.74, 6) is -0.673. The van der Waals surface area contributed by atoms with E-state index in [-0.39, 0.29) is 6.10 Å². The lowest BCUT2D eigenvalue weighted by Crippen LogP contribution is -2.31. The molecule has 0 saturated carbocycles. The normalized spacial score (nSPS) is 13.4. The molecule has 0 aromatic rings. The molecule has 1 unspecified atom stereocenters. The van der Waals surface area contributed by atoms with Crippen LogP contribution in [0, 0.1) is 0 Å². The predicted octanol–water partition coefficient (Wildman–Crippen LogP) is 6.94. The highest BCUT2D eigenvalue weighted by Crippen LogP contribution is 2.17. The average Bonchev–Trinajstić information content (AvgIpc) is 2.51. The van der Waals surface area contributed by atoms with Crippen molar-refractivity contribution in [3.63, 3.8) is 0 Å². The molecule has 0 heterocycles. The first-order valence-corrected chi connectivity index (χ1v) is 13.8. The molecule has 0 spiro atoms. The van der Waals surface area contributed by atoms with Crippen molar-refractivity contribution in [3.8, 4) is 0 Å². The summed E-state index contributed by atoms with van der Waals surface area (Å²) in [5, 5.41) is 8.62. The van der Waals surface area contributed by atoms with Gasteiger partial charge in [0.25, 0.3) is 0 Å². The van der Waals surface area contributed by atoms with E-state index in [1.165, 1.54) is 51.4 Å². The summed E-state index contributed by atoms with van der Waals surface area (Å²) >= 11 is 0. The zero-order valence-corrected chi connectivity index (χ0v) is 18.2. The molecule has 0 fully saturated rings. The molecule has 3 nitrogen and oxygen atoms in total. The van der Waals surface area contributed by atoms with Gasteiger partial charge in [-0.3, -0.25) is 4.79 Å². The van der Waals surface area contributed by atoms with Crippen molar-refractivity contribution in [1.29, 1.82) is 0 Å². The van der Waals surface area contributed by atoms with Crippen LogP contribution in [-0.2, 0) is 9.22 Å². The summed E-state index contributed by atoms with van der Waals surface area (Å²) in [7, 11) is -1.51. The number of carbonyl (C=O) groups is 1. The van der Waals surface area contributed by atoms with Gasteiger partial charge in [-0.2, -0.15) is 0 Å². The second kappa shape index (κ2) is 15.6. The molecule has 0 rings (SSSR count). The summed E-state index contributed by atoms with van der Waals surface area (Å²) in [5.41, 5.74) is 0. The van der Waals surface area contributed by atoms with E-state index >= 15 is 0 Å². The Kier molecular flexibility index (Phi) is 15.2. The van der Waals surface area contributed by atoms with Gasteiger partial charge >= 0.3 is 5.97 Å². The molecule has 0 aromatic carbocycles. The summed E-state index contributed by atoms with van der Waals surface area (Å²) in [6, 6.07) is 0. The summed E-state index contributed by atoms with van der Waals surface area (Å²) in [6.45, 7) is 9.03. The molecule has 25 heavy (non-hydrogen) atoms. The van der Waals surface area contributed by atoms with Crippen molar-refractivity contribution in [2.45, 2.75) is 116 Å². The highest BCUT2D eigenvalue weighted by molar-refractivity contribution is 6.69. The van der Waals surface area contributed by atoms with Crippen LogP contribution in [0.5, 0.6) is 0 Å². The van der Waals surface area contributed by atoms with E-state index in [9.17, 15) is 4.79 Å². The number of hydrogen-bond donors (Lipinski definition) is 1. The smallest absolute Gasteiger partial charge is 0.303 e. The van der Waals surface area contributed by atoms with Crippen molar-refractivity contribution in [2.24, 2.45) is 0 Å².